The summed E-state index contributed by atoms with van der Waals surface area (Å²) >= 11 is 11.6. The Morgan fingerprint density at radius 3 is 2.45 bits per heavy atom. The zero-order chi connectivity index (χ0) is 8.91. The summed E-state index contributed by atoms with van der Waals surface area (Å²) in [6.07, 6.45) is 0.533. The fraction of sp³-hybridized carbons (Fsp3) is 1.00. The molecule has 0 aromatic carbocycles. The van der Waals surface area contributed by atoms with Gasteiger partial charge >= 0.3 is 0 Å². The van der Waals surface area contributed by atoms with E-state index in [0.717, 1.165) is 6.42 Å². The van der Waals surface area contributed by atoms with Crippen LogP contribution in [0.4, 0.5) is 0 Å². The molecule has 0 rings (SSSR count). The summed E-state index contributed by atoms with van der Waals surface area (Å²) in [5, 5.41) is 9.27. The molecule has 0 radical (unpaired) electrons. The molecule has 68 valence electrons. The summed E-state index contributed by atoms with van der Waals surface area (Å²) < 4.78 is 4.70. The molecule has 0 aromatic heterocycles. The summed E-state index contributed by atoms with van der Waals surface area (Å²) in [4.78, 5) is -0.828. The number of alkyl halides is 2. The third-order valence-electron chi connectivity index (χ3n) is 1.55. The Labute approximate surface area is 77.4 Å². The summed E-state index contributed by atoms with van der Waals surface area (Å²) in [7, 11) is 1.41. The van der Waals surface area contributed by atoms with Crippen molar-refractivity contribution in [2.75, 3.05) is 13.0 Å². The number of hydrogen-bond donors (Lipinski definition) is 1. The van der Waals surface area contributed by atoms with Gasteiger partial charge in [-0.3, -0.25) is 0 Å². The van der Waals surface area contributed by atoms with Gasteiger partial charge in [0.25, 0.3) is 0 Å². The molecule has 0 aliphatic rings. The van der Waals surface area contributed by atoms with E-state index in [-0.39, 0.29) is 5.88 Å². The molecule has 0 aliphatic carbocycles. The molecule has 0 saturated heterocycles. The molecule has 0 amide bonds. The summed E-state index contributed by atoms with van der Waals surface area (Å²) in [6.45, 7) is 1.98. The lowest BCUT2D eigenvalue weighted by Gasteiger charge is -2.28. The van der Waals surface area contributed by atoms with E-state index in [2.05, 4.69) is 0 Å². The Morgan fingerprint density at radius 1 is 1.64 bits per heavy atom. The number of ether oxygens (including phenoxy) is 1. The van der Waals surface area contributed by atoms with E-state index < -0.39 is 11.2 Å². The first-order valence-corrected chi connectivity index (χ1v) is 4.47. The zero-order valence-electron chi connectivity index (χ0n) is 6.81. The molecular weight excluding hydrogens is 187 g/mol. The van der Waals surface area contributed by atoms with Crippen molar-refractivity contribution in [3.63, 3.8) is 0 Å². The van der Waals surface area contributed by atoms with Gasteiger partial charge in [-0.1, -0.05) is 13.3 Å². The Morgan fingerprint density at radius 2 is 2.18 bits per heavy atom. The van der Waals surface area contributed by atoms with Crippen molar-refractivity contribution in [2.24, 2.45) is 0 Å². The normalized spacial score (nSPS) is 19.4. The van der Waals surface area contributed by atoms with Gasteiger partial charge in [0.2, 0.25) is 0 Å². The van der Waals surface area contributed by atoms with Gasteiger partial charge in [0.15, 0.2) is 6.29 Å². The van der Waals surface area contributed by atoms with Crippen LogP contribution in [0.15, 0.2) is 0 Å². The van der Waals surface area contributed by atoms with Crippen molar-refractivity contribution in [1.29, 1.82) is 0 Å². The van der Waals surface area contributed by atoms with E-state index >= 15 is 0 Å². The first kappa shape index (κ1) is 11.5. The van der Waals surface area contributed by atoms with Crippen molar-refractivity contribution in [2.45, 2.75) is 30.9 Å². The molecule has 1 unspecified atom stereocenters. The summed E-state index contributed by atoms with van der Waals surface area (Å²) in [5.74, 6) is 0.192. The zero-order valence-corrected chi connectivity index (χ0v) is 8.32. The molecule has 1 N–H and O–H groups in total. The van der Waals surface area contributed by atoms with Gasteiger partial charge in [-0.15, -0.1) is 23.2 Å². The van der Waals surface area contributed by atoms with Gasteiger partial charge in [-0.25, -0.2) is 0 Å². The monoisotopic (exact) mass is 200 g/mol. The molecule has 0 fully saturated rings. The molecule has 2 atom stereocenters. The van der Waals surface area contributed by atoms with Gasteiger partial charge in [0.05, 0.1) is 0 Å². The van der Waals surface area contributed by atoms with Gasteiger partial charge in [-0.2, -0.15) is 0 Å². The van der Waals surface area contributed by atoms with E-state index in [1.807, 2.05) is 6.92 Å². The highest BCUT2D eigenvalue weighted by molar-refractivity contribution is 6.31. The second-order valence-electron chi connectivity index (χ2n) is 2.51. The predicted molar refractivity (Wildman–Crippen MR) is 47.2 cm³/mol. The number of halogens is 2. The second kappa shape index (κ2) is 5.20. The van der Waals surface area contributed by atoms with Crippen LogP contribution in [0.2, 0.25) is 0 Å². The molecule has 0 aromatic rings. The molecule has 4 heteroatoms. The molecule has 0 aliphatic heterocycles. The van der Waals surface area contributed by atoms with Gasteiger partial charge in [0.1, 0.15) is 4.87 Å². The Bertz CT molecular complexity index is 111. The topological polar surface area (TPSA) is 29.5 Å². The number of rotatable bonds is 5. The first-order valence-electron chi connectivity index (χ1n) is 3.56. The van der Waals surface area contributed by atoms with Crippen molar-refractivity contribution in [3.05, 3.63) is 0 Å². The minimum atomic E-state index is -0.985. The standard InChI is InChI=1S/C7H14Cl2O2/c1-3-4-7(9,5-8)6(10)11-2/h6,10H,3-5H2,1-2H3/t6-,7?/m1/s1. The van der Waals surface area contributed by atoms with Crippen LogP contribution in [-0.4, -0.2) is 29.3 Å². The van der Waals surface area contributed by atoms with Crippen molar-refractivity contribution in [3.8, 4) is 0 Å². The van der Waals surface area contributed by atoms with E-state index in [4.69, 9.17) is 27.9 Å². The molecule has 2 nitrogen and oxygen atoms in total. The van der Waals surface area contributed by atoms with Crippen LogP contribution in [0.5, 0.6) is 0 Å². The van der Waals surface area contributed by atoms with Gasteiger partial charge in [0, 0.05) is 13.0 Å². The van der Waals surface area contributed by atoms with Crippen LogP contribution in [-0.2, 0) is 4.74 Å². The average Bonchev–Trinajstić information content (AvgIpc) is 2.03. The van der Waals surface area contributed by atoms with E-state index in [9.17, 15) is 5.11 Å². The Hall–Kier alpha value is 0.500. The molecule has 0 heterocycles. The lowest BCUT2D eigenvalue weighted by molar-refractivity contribution is -0.0984. The summed E-state index contributed by atoms with van der Waals surface area (Å²) in [6, 6.07) is 0. The fourth-order valence-electron chi connectivity index (χ4n) is 0.883. The van der Waals surface area contributed by atoms with Crippen LogP contribution < -0.4 is 0 Å². The molecular formula is C7H14Cl2O2. The quantitative estimate of drug-likeness (QED) is 0.544. The smallest absolute Gasteiger partial charge is 0.174 e. The van der Waals surface area contributed by atoms with Gasteiger partial charge in [-0.05, 0) is 6.42 Å². The molecule has 11 heavy (non-hydrogen) atoms. The van der Waals surface area contributed by atoms with Crippen LogP contribution in [0.1, 0.15) is 19.8 Å². The molecule has 0 spiro atoms. The van der Waals surface area contributed by atoms with Crippen molar-refractivity contribution < 1.29 is 9.84 Å². The minimum Gasteiger partial charge on any atom is -0.366 e. The highest BCUT2D eigenvalue weighted by Crippen LogP contribution is 2.27. The highest BCUT2D eigenvalue weighted by atomic mass is 35.5. The lowest BCUT2D eigenvalue weighted by atomic mass is 10.0. The average molecular weight is 201 g/mol. The summed E-state index contributed by atoms with van der Waals surface area (Å²) in [5.41, 5.74) is 0. The van der Waals surface area contributed by atoms with Crippen LogP contribution >= 0.6 is 23.2 Å². The first-order chi connectivity index (χ1) is 5.10. The predicted octanol–water partition coefficient (Wildman–Crippen LogP) is 1.97. The Balaban J connectivity index is 4.07. The number of aliphatic hydroxyl groups excluding tert-OH is 1. The third kappa shape index (κ3) is 3.16. The maximum absolute atomic E-state index is 9.27. The SMILES string of the molecule is CCCC(Cl)(CCl)[C@H](O)OC. The number of hydrogen-bond acceptors (Lipinski definition) is 2. The second-order valence-corrected chi connectivity index (χ2v) is 3.53. The van der Waals surface area contributed by atoms with Crippen LogP contribution in [0.25, 0.3) is 0 Å². The fourth-order valence-corrected chi connectivity index (χ4v) is 1.43. The van der Waals surface area contributed by atoms with Crippen LogP contribution in [0, 0.1) is 0 Å². The maximum Gasteiger partial charge on any atom is 0.174 e. The van der Waals surface area contributed by atoms with Gasteiger partial charge < -0.3 is 9.84 Å². The molecule has 0 bridgehead atoms. The Kier molecular flexibility index (Phi) is 5.44. The number of methoxy groups -OCH3 is 1. The minimum absolute atomic E-state index is 0.192. The number of aliphatic hydroxyl groups is 1. The van der Waals surface area contributed by atoms with E-state index in [0.29, 0.717) is 6.42 Å². The molecule has 0 saturated carbocycles. The van der Waals surface area contributed by atoms with Crippen LogP contribution in [0.3, 0.4) is 0 Å². The lowest BCUT2D eigenvalue weighted by Crippen LogP contribution is -2.39. The third-order valence-corrected chi connectivity index (χ3v) is 2.68. The maximum atomic E-state index is 9.27. The van der Waals surface area contributed by atoms with Crippen molar-refractivity contribution >= 4 is 23.2 Å². The van der Waals surface area contributed by atoms with E-state index in [1.165, 1.54) is 7.11 Å². The van der Waals surface area contributed by atoms with E-state index in [1.54, 1.807) is 0 Å². The van der Waals surface area contributed by atoms with Crippen molar-refractivity contribution in [1.82, 2.24) is 0 Å². The highest BCUT2D eigenvalue weighted by Gasteiger charge is 2.34. The largest absolute Gasteiger partial charge is 0.366 e.